The monoisotopic (exact) mass is 319 g/mol. The molecule has 1 amide bonds. The van der Waals surface area contributed by atoms with Crippen molar-refractivity contribution in [2.75, 3.05) is 20.3 Å². The fourth-order valence-electron chi connectivity index (χ4n) is 2.33. The average molecular weight is 319 g/mol. The number of halogens is 1. The number of methoxy groups -OCH3 is 1. The molecule has 0 N–H and O–H groups in total. The van der Waals surface area contributed by atoms with Crippen LogP contribution in [0, 0.1) is 5.82 Å². The minimum Gasteiger partial charge on any atom is -0.383 e. The molecule has 0 atom stereocenters. The molecule has 2 aromatic rings. The van der Waals surface area contributed by atoms with Crippen molar-refractivity contribution in [2.24, 2.45) is 0 Å². The molecule has 0 aliphatic heterocycles. The molecule has 0 aliphatic rings. The summed E-state index contributed by atoms with van der Waals surface area (Å²) >= 11 is 0. The lowest BCUT2D eigenvalue weighted by Gasteiger charge is -2.22. The summed E-state index contributed by atoms with van der Waals surface area (Å²) < 4.78 is 20.7. The summed E-state index contributed by atoms with van der Waals surface area (Å²) in [6.07, 6.45) is 3.89. The zero-order chi connectivity index (χ0) is 16.7. The molecule has 5 nitrogen and oxygen atoms in total. The van der Waals surface area contributed by atoms with Crippen molar-refractivity contribution >= 4 is 5.91 Å². The largest absolute Gasteiger partial charge is 0.383 e. The van der Waals surface area contributed by atoms with Gasteiger partial charge in [-0.05, 0) is 6.07 Å². The lowest BCUT2D eigenvalue weighted by atomic mass is 10.2. The minimum absolute atomic E-state index is 0.0440. The summed E-state index contributed by atoms with van der Waals surface area (Å²) in [4.78, 5) is 18.1. The highest BCUT2D eigenvalue weighted by Crippen LogP contribution is 2.12. The molecule has 0 saturated carbocycles. The summed E-state index contributed by atoms with van der Waals surface area (Å²) in [7, 11) is 1.60. The van der Waals surface area contributed by atoms with E-state index in [-0.39, 0.29) is 11.7 Å². The number of nitrogens with zero attached hydrogens (tertiary/aromatic N) is 3. The van der Waals surface area contributed by atoms with Gasteiger partial charge in [0.05, 0.1) is 19.7 Å². The standard InChI is InChI=1S/C17H22FN3O2/c1-3-17(22)21(10-11-23-2)13-16-19-8-9-20(16)12-14-6-4-5-7-15(14)18/h4-9H,3,10-13H2,1-2H3. The number of imidazole rings is 1. The van der Waals surface area contributed by atoms with Crippen molar-refractivity contribution in [3.05, 3.63) is 53.9 Å². The number of hydrogen-bond acceptors (Lipinski definition) is 3. The fourth-order valence-corrected chi connectivity index (χ4v) is 2.33. The zero-order valence-corrected chi connectivity index (χ0v) is 13.5. The van der Waals surface area contributed by atoms with E-state index in [0.717, 1.165) is 5.82 Å². The highest BCUT2D eigenvalue weighted by atomic mass is 19.1. The third-order valence-corrected chi connectivity index (χ3v) is 3.65. The van der Waals surface area contributed by atoms with Crippen LogP contribution in [-0.4, -0.2) is 40.6 Å². The van der Waals surface area contributed by atoms with Crippen LogP contribution in [0.15, 0.2) is 36.7 Å². The SMILES string of the molecule is CCC(=O)N(CCOC)Cc1nccn1Cc1ccccc1F. The zero-order valence-electron chi connectivity index (χ0n) is 13.5. The molecule has 1 heterocycles. The van der Waals surface area contributed by atoms with Crippen LogP contribution >= 0.6 is 0 Å². The predicted octanol–water partition coefficient (Wildman–Crippen LogP) is 2.46. The van der Waals surface area contributed by atoms with E-state index < -0.39 is 0 Å². The molecule has 0 radical (unpaired) electrons. The normalized spacial score (nSPS) is 10.7. The predicted molar refractivity (Wildman–Crippen MR) is 85.3 cm³/mol. The number of aromatic nitrogens is 2. The first-order valence-electron chi connectivity index (χ1n) is 7.65. The molecular weight excluding hydrogens is 297 g/mol. The van der Waals surface area contributed by atoms with Gasteiger partial charge in [0.25, 0.3) is 0 Å². The minimum atomic E-state index is -0.243. The van der Waals surface area contributed by atoms with Crippen LogP contribution in [0.4, 0.5) is 4.39 Å². The fraction of sp³-hybridized carbons (Fsp3) is 0.412. The maximum atomic E-state index is 13.8. The molecule has 6 heteroatoms. The van der Waals surface area contributed by atoms with Crippen molar-refractivity contribution in [1.29, 1.82) is 0 Å². The average Bonchev–Trinajstić information content (AvgIpc) is 2.99. The second-order valence-electron chi connectivity index (χ2n) is 5.22. The molecule has 0 aliphatic carbocycles. The highest BCUT2D eigenvalue weighted by molar-refractivity contribution is 5.75. The van der Waals surface area contributed by atoms with E-state index >= 15 is 0 Å². The van der Waals surface area contributed by atoms with Gasteiger partial charge in [-0.2, -0.15) is 0 Å². The van der Waals surface area contributed by atoms with E-state index in [1.165, 1.54) is 6.07 Å². The first-order chi connectivity index (χ1) is 11.2. The van der Waals surface area contributed by atoms with Crippen LogP contribution in [0.2, 0.25) is 0 Å². The van der Waals surface area contributed by atoms with E-state index in [4.69, 9.17) is 4.74 Å². The number of benzene rings is 1. The maximum absolute atomic E-state index is 13.8. The molecule has 0 bridgehead atoms. The van der Waals surface area contributed by atoms with Crippen LogP contribution in [0.25, 0.3) is 0 Å². The molecule has 1 aromatic heterocycles. The van der Waals surface area contributed by atoms with E-state index in [1.807, 2.05) is 11.5 Å². The molecule has 0 unspecified atom stereocenters. The van der Waals surface area contributed by atoms with Gasteiger partial charge in [0.2, 0.25) is 5.91 Å². The van der Waals surface area contributed by atoms with Gasteiger partial charge in [0.1, 0.15) is 11.6 Å². The first kappa shape index (κ1) is 17.1. The Morgan fingerprint density at radius 1 is 1.39 bits per heavy atom. The molecule has 0 spiro atoms. The Kier molecular flexibility index (Phi) is 6.29. The van der Waals surface area contributed by atoms with Crippen molar-refractivity contribution in [3.63, 3.8) is 0 Å². The van der Waals surface area contributed by atoms with E-state index in [2.05, 4.69) is 4.98 Å². The number of ether oxygens (including phenoxy) is 1. The Morgan fingerprint density at radius 2 is 2.17 bits per heavy atom. The highest BCUT2D eigenvalue weighted by Gasteiger charge is 2.15. The summed E-state index contributed by atoms with van der Waals surface area (Å²) in [5.41, 5.74) is 0.594. The van der Waals surface area contributed by atoms with Crippen LogP contribution in [0.1, 0.15) is 24.7 Å². The van der Waals surface area contributed by atoms with E-state index in [0.29, 0.717) is 38.2 Å². The van der Waals surface area contributed by atoms with Gasteiger partial charge in [-0.25, -0.2) is 9.37 Å². The van der Waals surface area contributed by atoms with Crippen molar-refractivity contribution < 1.29 is 13.9 Å². The van der Waals surface area contributed by atoms with Gasteiger partial charge in [-0.3, -0.25) is 4.79 Å². The summed E-state index contributed by atoms with van der Waals surface area (Å²) in [5.74, 6) is 0.529. The van der Waals surface area contributed by atoms with E-state index in [9.17, 15) is 9.18 Å². The third kappa shape index (κ3) is 4.63. The van der Waals surface area contributed by atoms with E-state index in [1.54, 1.807) is 42.6 Å². The Balaban J connectivity index is 2.13. The van der Waals surface area contributed by atoms with Crippen molar-refractivity contribution in [1.82, 2.24) is 14.5 Å². The summed E-state index contributed by atoms with van der Waals surface area (Å²) in [6.45, 7) is 3.58. The van der Waals surface area contributed by atoms with Crippen LogP contribution in [0.3, 0.4) is 0 Å². The number of rotatable bonds is 8. The third-order valence-electron chi connectivity index (χ3n) is 3.65. The number of carbonyl (C=O) groups is 1. The topological polar surface area (TPSA) is 47.4 Å². The Bertz CT molecular complexity index is 642. The van der Waals surface area contributed by atoms with Gasteiger partial charge in [-0.15, -0.1) is 0 Å². The van der Waals surface area contributed by atoms with Crippen LogP contribution in [-0.2, 0) is 22.6 Å². The van der Waals surface area contributed by atoms with Gasteiger partial charge in [0, 0.05) is 38.0 Å². The van der Waals surface area contributed by atoms with Crippen LogP contribution in [0.5, 0.6) is 0 Å². The smallest absolute Gasteiger partial charge is 0.222 e. The van der Waals surface area contributed by atoms with Gasteiger partial charge < -0.3 is 14.2 Å². The Morgan fingerprint density at radius 3 is 2.87 bits per heavy atom. The Labute approximate surface area is 135 Å². The van der Waals surface area contributed by atoms with Gasteiger partial charge in [0.15, 0.2) is 0 Å². The van der Waals surface area contributed by atoms with Crippen molar-refractivity contribution in [3.8, 4) is 0 Å². The van der Waals surface area contributed by atoms with Crippen molar-refractivity contribution in [2.45, 2.75) is 26.4 Å². The number of carbonyl (C=O) groups excluding carboxylic acids is 1. The second kappa shape index (κ2) is 8.43. The van der Waals surface area contributed by atoms with Crippen LogP contribution < -0.4 is 0 Å². The lowest BCUT2D eigenvalue weighted by Crippen LogP contribution is -2.34. The first-order valence-corrected chi connectivity index (χ1v) is 7.65. The molecule has 0 fully saturated rings. The molecule has 0 saturated heterocycles. The quantitative estimate of drug-likeness (QED) is 0.751. The second-order valence-corrected chi connectivity index (χ2v) is 5.22. The molecule has 1 aromatic carbocycles. The molecule has 124 valence electrons. The maximum Gasteiger partial charge on any atom is 0.222 e. The van der Waals surface area contributed by atoms with Gasteiger partial charge >= 0.3 is 0 Å². The molecular formula is C17H22FN3O2. The lowest BCUT2D eigenvalue weighted by molar-refractivity contribution is -0.132. The molecule has 2 rings (SSSR count). The summed E-state index contributed by atoms with van der Waals surface area (Å²) in [6, 6.07) is 6.66. The number of amides is 1. The van der Waals surface area contributed by atoms with Gasteiger partial charge in [-0.1, -0.05) is 25.1 Å². The molecule has 23 heavy (non-hydrogen) atoms. The Hall–Kier alpha value is -2.21. The summed E-state index contributed by atoms with van der Waals surface area (Å²) in [5, 5.41) is 0. The number of hydrogen-bond donors (Lipinski definition) is 0.